The summed E-state index contributed by atoms with van der Waals surface area (Å²) in [4.78, 5) is 9.92. The number of hydrogen-bond acceptors (Lipinski definition) is 3. The molecule has 0 saturated carbocycles. The van der Waals surface area contributed by atoms with Crippen LogP contribution in [0, 0.1) is 0 Å². The van der Waals surface area contributed by atoms with Crippen molar-refractivity contribution in [3.63, 3.8) is 0 Å². The number of rotatable bonds is 6. The summed E-state index contributed by atoms with van der Waals surface area (Å²) in [5, 5.41) is 0. The van der Waals surface area contributed by atoms with E-state index >= 15 is 0 Å². The molecule has 0 aromatic heterocycles. The molecule has 5 heteroatoms. The molecular weight excluding hydrogens is 295 g/mol. The molecule has 0 aliphatic heterocycles. The Hall–Kier alpha value is -0.670. The van der Waals surface area contributed by atoms with Gasteiger partial charge in [0.2, 0.25) is 0 Å². The highest BCUT2D eigenvalue weighted by atomic mass is 33.1. The van der Waals surface area contributed by atoms with E-state index in [2.05, 4.69) is 0 Å². The van der Waals surface area contributed by atoms with Gasteiger partial charge in [-0.15, -0.1) is 0 Å². The average Bonchev–Trinajstić information content (AvgIpc) is 2.46. The van der Waals surface area contributed by atoms with Crippen LogP contribution in [0.5, 0.6) is 0 Å². The first-order valence-corrected chi connectivity index (χ1v) is 10.7. The van der Waals surface area contributed by atoms with Crippen LogP contribution in [0.1, 0.15) is 11.1 Å². The third-order valence-electron chi connectivity index (χ3n) is 2.47. The van der Waals surface area contributed by atoms with Crippen LogP contribution in [0.15, 0.2) is 60.7 Å². The third-order valence-corrected chi connectivity index (χ3v) is 8.68. The first kappa shape index (κ1) is 14.7. The van der Waals surface area contributed by atoms with Crippen LogP contribution < -0.4 is 0 Å². The first-order chi connectivity index (χ1) is 9.16. The van der Waals surface area contributed by atoms with Gasteiger partial charge in [0.05, 0.1) is 0 Å². The summed E-state index contributed by atoms with van der Waals surface area (Å²) >= 11 is 2.25. The summed E-state index contributed by atoms with van der Waals surface area (Å²) in [6.45, 7) is 0. The SMILES string of the molecule is O=P(O)(SCc1ccccc1)SCc1ccccc1. The van der Waals surface area contributed by atoms with E-state index in [1.165, 1.54) is 0 Å². The fraction of sp³-hybridized carbons (Fsp3) is 0.143. The van der Waals surface area contributed by atoms with Gasteiger partial charge in [0.15, 0.2) is 0 Å². The zero-order valence-corrected chi connectivity index (χ0v) is 12.8. The largest absolute Gasteiger partial charge is 0.329 e. The van der Waals surface area contributed by atoms with Gasteiger partial charge in [-0.3, -0.25) is 4.57 Å². The molecule has 0 radical (unpaired) electrons. The zero-order valence-electron chi connectivity index (χ0n) is 10.3. The quantitative estimate of drug-likeness (QED) is 0.766. The summed E-state index contributed by atoms with van der Waals surface area (Å²) in [6, 6.07) is 19.5. The monoisotopic (exact) mass is 310 g/mol. The Morgan fingerprint density at radius 1 is 0.789 bits per heavy atom. The fourth-order valence-electron chi connectivity index (χ4n) is 1.50. The van der Waals surface area contributed by atoms with Gasteiger partial charge in [0, 0.05) is 11.5 Å². The predicted octanol–water partition coefficient (Wildman–Crippen LogP) is 4.95. The minimum Gasteiger partial charge on any atom is -0.329 e. The van der Waals surface area contributed by atoms with E-state index in [0.29, 0.717) is 11.5 Å². The van der Waals surface area contributed by atoms with E-state index in [1.807, 2.05) is 60.7 Å². The van der Waals surface area contributed by atoms with Crippen molar-refractivity contribution < 1.29 is 9.46 Å². The van der Waals surface area contributed by atoms with Crippen LogP contribution in [0.25, 0.3) is 0 Å². The Morgan fingerprint density at radius 2 is 1.16 bits per heavy atom. The van der Waals surface area contributed by atoms with Crippen molar-refractivity contribution in [3.05, 3.63) is 71.8 Å². The molecule has 1 N–H and O–H groups in total. The van der Waals surface area contributed by atoms with Crippen LogP contribution in [-0.2, 0) is 16.1 Å². The lowest BCUT2D eigenvalue weighted by Crippen LogP contribution is -1.81. The van der Waals surface area contributed by atoms with Crippen LogP contribution in [0.3, 0.4) is 0 Å². The molecule has 0 unspecified atom stereocenters. The molecule has 0 atom stereocenters. The molecule has 2 aromatic rings. The Labute approximate surface area is 121 Å². The highest BCUT2D eigenvalue weighted by Crippen LogP contribution is 2.67. The highest BCUT2D eigenvalue weighted by Gasteiger charge is 2.19. The van der Waals surface area contributed by atoms with Crippen LogP contribution in [0.4, 0.5) is 0 Å². The van der Waals surface area contributed by atoms with E-state index in [9.17, 15) is 9.46 Å². The van der Waals surface area contributed by atoms with Crippen LogP contribution in [-0.4, -0.2) is 4.89 Å². The lowest BCUT2D eigenvalue weighted by atomic mass is 10.2. The molecule has 2 aromatic carbocycles. The van der Waals surface area contributed by atoms with Crippen molar-refractivity contribution in [3.8, 4) is 0 Å². The highest BCUT2D eigenvalue weighted by molar-refractivity contribution is 8.88. The molecule has 0 heterocycles. The van der Waals surface area contributed by atoms with Gasteiger partial charge in [-0.2, -0.15) is 0 Å². The molecular formula is C14H15O2PS2. The molecule has 100 valence electrons. The first-order valence-electron chi connectivity index (χ1n) is 5.85. The van der Waals surface area contributed by atoms with E-state index in [0.717, 1.165) is 33.9 Å². The normalized spacial score (nSPS) is 11.4. The summed E-state index contributed by atoms with van der Waals surface area (Å²) in [6.07, 6.45) is 0. The standard InChI is InChI=1S/C14H15O2PS2/c15-17(16,18-11-13-7-3-1-4-8-13)19-12-14-9-5-2-6-10-14/h1-10H,11-12H2,(H,15,16). The molecule has 0 spiro atoms. The van der Waals surface area contributed by atoms with E-state index in [1.54, 1.807) is 0 Å². The summed E-state index contributed by atoms with van der Waals surface area (Å²) in [7, 11) is 0. The molecule has 0 aliphatic carbocycles. The number of benzene rings is 2. The summed E-state index contributed by atoms with van der Waals surface area (Å²) in [5.41, 5.74) is 2.14. The Balaban J connectivity index is 1.84. The second-order valence-corrected chi connectivity index (χ2v) is 11.2. The maximum atomic E-state index is 12.0. The molecule has 0 saturated heterocycles. The third kappa shape index (κ3) is 5.45. The molecule has 0 amide bonds. The van der Waals surface area contributed by atoms with Crippen molar-refractivity contribution in [1.82, 2.24) is 0 Å². The second kappa shape index (κ2) is 7.20. The van der Waals surface area contributed by atoms with E-state index < -0.39 is 5.77 Å². The second-order valence-electron chi connectivity index (χ2n) is 3.99. The molecule has 19 heavy (non-hydrogen) atoms. The summed E-state index contributed by atoms with van der Waals surface area (Å²) in [5.74, 6) is -2.06. The minimum absolute atomic E-state index is 0.566. The van der Waals surface area contributed by atoms with E-state index in [-0.39, 0.29) is 0 Å². The van der Waals surface area contributed by atoms with Crippen LogP contribution >= 0.6 is 28.5 Å². The van der Waals surface area contributed by atoms with Gasteiger partial charge in [0.25, 0.3) is 0 Å². The topological polar surface area (TPSA) is 37.3 Å². The number of hydrogen-bond donors (Lipinski definition) is 1. The van der Waals surface area contributed by atoms with Gasteiger partial charge in [-0.25, -0.2) is 0 Å². The van der Waals surface area contributed by atoms with Crippen molar-refractivity contribution in [2.45, 2.75) is 11.5 Å². The molecule has 0 fully saturated rings. The van der Waals surface area contributed by atoms with Gasteiger partial charge in [-0.05, 0) is 11.1 Å². The van der Waals surface area contributed by atoms with Crippen molar-refractivity contribution in [2.24, 2.45) is 0 Å². The van der Waals surface area contributed by atoms with Gasteiger partial charge in [0.1, 0.15) is 0 Å². The fourth-order valence-corrected chi connectivity index (χ4v) is 6.30. The average molecular weight is 310 g/mol. The summed E-state index contributed by atoms with van der Waals surface area (Å²) < 4.78 is 12.0. The van der Waals surface area contributed by atoms with Gasteiger partial charge < -0.3 is 4.89 Å². The maximum absolute atomic E-state index is 12.0. The van der Waals surface area contributed by atoms with Crippen molar-refractivity contribution >= 4 is 28.5 Å². The lowest BCUT2D eigenvalue weighted by molar-refractivity contribution is 0.514. The molecule has 2 rings (SSSR count). The Kier molecular flexibility index (Phi) is 5.59. The van der Waals surface area contributed by atoms with Crippen molar-refractivity contribution in [2.75, 3.05) is 0 Å². The lowest BCUT2D eigenvalue weighted by Gasteiger charge is -2.10. The molecule has 0 aliphatic rings. The molecule has 0 bridgehead atoms. The Bertz CT molecular complexity index is 498. The maximum Gasteiger partial charge on any atom is 0.311 e. The Morgan fingerprint density at radius 3 is 1.53 bits per heavy atom. The zero-order chi connectivity index (χ0) is 13.6. The van der Waals surface area contributed by atoms with Gasteiger partial charge >= 0.3 is 5.77 Å². The van der Waals surface area contributed by atoms with Gasteiger partial charge in [-0.1, -0.05) is 83.4 Å². The van der Waals surface area contributed by atoms with E-state index in [4.69, 9.17) is 0 Å². The smallest absolute Gasteiger partial charge is 0.311 e. The van der Waals surface area contributed by atoms with Crippen LogP contribution in [0.2, 0.25) is 0 Å². The predicted molar refractivity (Wildman–Crippen MR) is 85.3 cm³/mol. The molecule has 2 nitrogen and oxygen atoms in total. The minimum atomic E-state index is -3.19. The van der Waals surface area contributed by atoms with Crippen molar-refractivity contribution in [1.29, 1.82) is 0 Å².